The maximum Gasteiger partial charge on any atom is 0.325 e. The summed E-state index contributed by atoms with van der Waals surface area (Å²) < 4.78 is 4.88. The van der Waals surface area contributed by atoms with E-state index in [1.807, 2.05) is 24.3 Å². The number of esters is 1. The second-order valence-electron chi connectivity index (χ2n) is 5.91. The number of rotatable bonds is 2. The summed E-state index contributed by atoms with van der Waals surface area (Å²) in [6.45, 7) is 2.15. The Labute approximate surface area is 138 Å². The molecule has 0 bridgehead atoms. The van der Waals surface area contributed by atoms with Gasteiger partial charge in [0.15, 0.2) is 5.41 Å². The first-order chi connectivity index (χ1) is 11.6. The van der Waals surface area contributed by atoms with Crippen LogP contribution in [0.1, 0.15) is 12.5 Å². The Morgan fingerprint density at radius 1 is 1.29 bits per heavy atom. The van der Waals surface area contributed by atoms with Gasteiger partial charge in [0.1, 0.15) is 0 Å². The van der Waals surface area contributed by atoms with E-state index in [9.17, 15) is 9.59 Å². The SMILES string of the molecule is COC(=O)C1(C)C(=O)Nc2c1cc1c(c2-c2ccccn2)NCN1. The number of hydrogen-bond donors (Lipinski definition) is 3. The van der Waals surface area contributed by atoms with E-state index in [4.69, 9.17) is 4.74 Å². The molecule has 1 amide bonds. The lowest BCUT2D eigenvalue weighted by Crippen LogP contribution is -2.40. The molecular formula is C17H16N4O3. The monoisotopic (exact) mass is 324 g/mol. The van der Waals surface area contributed by atoms with Crippen molar-refractivity contribution in [2.75, 3.05) is 29.7 Å². The Morgan fingerprint density at radius 3 is 2.83 bits per heavy atom. The molecule has 2 aliphatic rings. The predicted molar refractivity (Wildman–Crippen MR) is 89.8 cm³/mol. The fraction of sp³-hybridized carbons (Fsp3) is 0.235. The highest BCUT2D eigenvalue weighted by Gasteiger charge is 2.52. The summed E-state index contributed by atoms with van der Waals surface area (Å²) in [5.74, 6) is -0.984. The van der Waals surface area contributed by atoms with Gasteiger partial charge in [-0.1, -0.05) is 6.07 Å². The molecule has 1 atom stereocenters. The second kappa shape index (κ2) is 4.95. The van der Waals surface area contributed by atoms with E-state index in [-0.39, 0.29) is 0 Å². The fourth-order valence-electron chi connectivity index (χ4n) is 3.29. The molecule has 24 heavy (non-hydrogen) atoms. The molecule has 0 fully saturated rings. The molecule has 0 saturated carbocycles. The van der Waals surface area contributed by atoms with Gasteiger partial charge in [-0.3, -0.25) is 14.6 Å². The molecule has 2 aromatic rings. The van der Waals surface area contributed by atoms with Crippen molar-refractivity contribution < 1.29 is 14.3 Å². The first-order valence-corrected chi connectivity index (χ1v) is 7.58. The maximum absolute atomic E-state index is 12.6. The van der Waals surface area contributed by atoms with Crippen molar-refractivity contribution in [3.8, 4) is 11.3 Å². The summed E-state index contributed by atoms with van der Waals surface area (Å²) in [5, 5.41) is 9.34. The lowest BCUT2D eigenvalue weighted by Gasteiger charge is -2.20. The summed E-state index contributed by atoms with van der Waals surface area (Å²) >= 11 is 0. The van der Waals surface area contributed by atoms with Crippen molar-refractivity contribution in [1.29, 1.82) is 0 Å². The van der Waals surface area contributed by atoms with Gasteiger partial charge in [-0.2, -0.15) is 0 Å². The smallest absolute Gasteiger partial charge is 0.325 e. The number of methoxy groups -OCH3 is 1. The number of carbonyl (C=O) groups excluding carboxylic acids is 2. The van der Waals surface area contributed by atoms with E-state index >= 15 is 0 Å². The number of nitrogens with zero attached hydrogens (tertiary/aromatic N) is 1. The van der Waals surface area contributed by atoms with Crippen molar-refractivity contribution in [2.45, 2.75) is 12.3 Å². The van der Waals surface area contributed by atoms with Crippen LogP contribution < -0.4 is 16.0 Å². The minimum atomic E-state index is -1.38. The van der Waals surface area contributed by atoms with Gasteiger partial charge in [0, 0.05) is 17.3 Å². The molecule has 0 radical (unpaired) electrons. The molecule has 1 aromatic carbocycles. The highest BCUT2D eigenvalue weighted by Crippen LogP contribution is 2.50. The van der Waals surface area contributed by atoms with Crippen molar-refractivity contribution in [3.63, 3.8) is 0 Å². The number of fused-ring (bicyclic) bond motifs is 2. The van der Waals surface area contributed by atoms with Crippen LogP contribution in [0.4, 0.5) is 17.1 Å². The number of amides is 1. The molecule has 3 heterocycles. The number of anilines is 3. The van der Waals surface area contributed by atoms with Gasteiger partial charge in [-0.15, -0.1) is 0 Å². The highest BCUT2D eigenvalue weighted by molar-refractivity contribution is 6.22. The van der Waals surface area contributed by atoms with Gasteiger partial charge < -0.3 is 20.7 Å². The lowest BCUT2D eigenvalue weighted by atomic mass is 9.82. The molecule has 3 N–H and O–H groups in total. The van der Waals surface area contributed by atoms with Gasteiger partial charge in [0.25, 0.3) is 0 Å². The van der Waals surface area contributed by atoms with E-state index in [1.165, 1.54) is 7.11 Å². The molecule has 0 spiro atoms. The number of hydrogen-bond acceptors (Lipinski definition) is 6. The third kappa shape index (κ3) is 1.75. The molecular weight excluding hydrogens is 308 g/mol. The largest absolute Gasteiger partial charge is 0.468 e. The van der Waals surface area contributed by atoms with Crippen LogP contribution in [0.15, 0.2) is 30.5 Å². The third-order valence-corrected chi connectivity index (χ3v) is 4.62. The highest BCUT2D eigenvalue weighted by atomic mass is 16.5. The molecule has 7 nitrogen and oxygen atoms in total. The molecule has 7 heteroatoms. The van der Waals surface area contributed by atoms with Gasteiger partial charge in [0.2, 0.25) is 5.91 Å². The minimum absolute atomic E-state index is 0.398. The zero-order valence-electron chi connectivity index (χ0n) is 13.3. The summed E-state index contributed by atoms with van der Waals surface area (Å²) in [6.07, 6.45) is 1.69. The van der Waals surface area contributed by atoms with Crippen LogP contribution in [-0.4, -0.2) is 30.6 Å². The van der Waals surface area contributed by atoms with Crippen LogP contribution in [0.25, 0.3) is 11.3 Å². The van der Waals surface area contributed by atoms with Crippen molar-refractivity contribution in [3.05, 3.63) is 36.0 Å². The van der Waals surface area contributed by atoms with Crippen LogP contribution in [0.5, 0.6) is 0 Å². The van der Waals surface area contributed by atoms with E-state index in [0.29, 0.717) is 17.9 Å². The molecule has 1 aromatic heterocycles. The second-order valence-corrected chi connectivity index (χ2v) is 5.91. The zero-order valence-corrected chi connectivity index (χ0v) is 13.3. The molecule has 1 unspecified atom stereocenters. The number of aromatic nitrogens is 1. The van der Waals surface area contributed by atoms with Crippen molar-refractivity contribution >= 4 is 28.9 Å². The average Bonchev–Trinajstić information content (AvgIpc) is 3.17. The van der Waals surface area contributed by atoms with Crippen LogP contribution >= 0.6 is 0 Å². The Kier molecular flexibility index (Phi) is 2.99. The van der Waals surface area contributed by atoms with Crippen LogP contribution in [-0.2, 0) is 19.7 Å². The van der Waals surface area contributed by atoms with E-state index < -0.39 is 17.3 Å². The number of pyridine rings is 1. The van der Waals surface area contributed by atoms with Gasteiger partial charge >= 0.3 is 5.97 Å². The summed E-state index contributed by atoms with van der Waals surface area (Å²) in [4.78, 5) is 29.3. The predicted octanol–water partition coefficient (Wildman–Crippen LogP) is 1.93. The summed E-state index contributed by atoms with van der Waals surface area (Å²) in [7, 11) is 1.28. The number of benzene rings is 1. The zero-order chi connectivity index (χ0) is 16.9. The summed E-state index contributed by atoms with van der Waals surface area (Å²) in [6, 6.07) is 7.41. The van der Waals surface area contributed by atoms with Crippen LogP contribution in [0.3, 0.4) is 0 Å². The molecule has 0 aliphatic carbocycles. The van der Waals surface area contributed by atoms with E-state index in [0.717, 1.165) is 22.6 Å². The Balaban J connectivity index is 2.03. The number of carbonyl (C=O) groups is 2. The van der Waals surface area contributed by atoms with E-state index in [1.54, 1.807) is 13.1 Å². The van der Waals surface area contributed by atoms with Crippen molar-refractivity contribution in [1.82, 2.24) is 4.98 Å². The number of ether oxygens (including phenoxy) is 1. The molecule has 122 valence electrons. The lowest BCUT2D eigenvalue weighted by molar-refractivity contribution is -0.150. The quantitative estimate of drug-likeness (QED) is 0.577. The standard InChI is InChI=1S/C17H16N4O3/c1-17(16(23)24-2)9-7-11-14(20-8-19-11)12(13(9)21-15(17)22)10-5-3-4-6-18-10/h3-7,19-20H,8H2,1-2H3,(H,21,22). The molecule has 4 rings (SSSR count). The minimum Gasteiger partial charge on any atom is -0.468 e. The van der Waals surface area contributed by atoms with Gasteiger partial charge in [-0.25, -0.2) is 0 Å². The normalized spacial score (nSPS) is 20.5. The topological polar surface area (TPSA) is 92.4 Å². The average molecular weight is 324 g/mol. The van der Waals surface area contributed by atoms with Gasteiger partial charge in [0.05, 0.1) is 36.5 Å². The van der Waals surface area contributed by atoms with Crippen LogP contribution in [0.2, 0.25) is 0 Å². The molecule has 0 saturated heterocycles. The molecule has 2 aliphatic heterocycles. The fourth-order valence-corrected chi connectivity index (χ4v) is 3.29. The van der Waals surface area contributed by atoms with Crippen LogP contribution in [0, 0.1) is 0 Å². The Morgan fingerprint density at radius 2 is 2.12 bits per heavy atom. The maximum atomic E-state index is 12.6. The Hall–Kier alpha value is -3.09. The van der Waals surface area contributed by atoms with E-state index in [2.05, 4.69) is 20.9 Å². The van der Waals surface area contributed by atoms with Gasteiger partial charge in [-0.05, 0) is 25.1 Å². The Bertz CT molecular complexity index is 866. The first-order valence-electron chi connectivity index (χ1n) is 7.58. The first kappa shape index (κ1) is 14.5. The van der Waals surface area contributed by atoms with Crippen molar-refractivity contribution in [2.24, 2.45) is 0 Å². The third-order valence-electron chi connectivity index (χ3n) is 4.62. The number of nitrogens with one attached hydrogen (secondary N) is 3. The summed E-state index contributed by atoms with van der Waals surface area (Å²) in [5.41, 5.74) is 3.00.